The Morgan fingerprint density at radius 1 is 1.21 bits per heavy atom. The molecule has 2 heterocycles. The van der Waals surface area contributed by atoms with Gasteiger partial charge >= 0.3 is 0 Å². The topological polar surface area (TPSA) is 68.2 Å². The van der Waals surface area contributed by atoms with Gasteiger partial charge in [-0.05, 0) is 24.3 Å². The van der Waals surface area contributed by atoms with Crippen LogP contribution in [0.5, 0.6) is 0 Å². The normalized spacial score (nSPS) is 10.8. The number of nitrogens with zero attached hydrogens (tertiary/aromatic N) is 3. The predicted molar refractivity (Wildman–Crippen MR) is 70.6 cm³/mol. The maximum absolute atomic E-state index is 13.5. The molecule has 6 heteroatoms. The third-order valence-electron chi connectivity index (χ3n) is 2.72. The van der Waals surface area contributed by atoms with Gasteiger partial charge in [-0.1, -0.05) is 12.1 Å². The number of aromatic nitrogens is 3. The van der Waals surface area contributed by atoms with Gasteiger partial charge < -0.3 is 11.1 Å². The molecular formula is C13H12FN5. The summed E-state index contributed by atoms with van der Waals surface area (Å²) in [6.45, 7) is 0.361. The van der Waals surface area contributed by atoms with Crippen LogP contribution in [-0.2, 0) is 6.54 Å². The van der Waals surface area contributed by atoms with Gasteiger partial charge in [0, 0.05) is 6.54 Å². The lowest BCUT2D eigenvalue weighted by Gasteiger charge is -2.06. The minimum Gasteiger partial charge on any atom is -0.336 e. The number of hydrogen-bond acceptors (Lipinski definition) is 4. The van der Waals surface area contributed by atoms with Crippen molar-refractivity contribution in [1.82, 2.24) is 14.6 Å². The highest BCUT2D eigenvalue weighted by Crippen LogP contribution is 2.18. The highest BCUT2D eigenvalue weighted by atomic mass is 19.1. The van der Waals surface area contributed by atoms with E-state index in [0.29, 0.717) is 23.7 Å². The van der Waals surface area contributed by atoms with E-state index in [2.05, 4.69) is 15.4 Å². The van der Waals surface area contributed by atoms with Crippen molar-refractivity contribution >= 4 is 17.2 Å². The first-order chi connectivity index (χ1) is 9.26. The van der Waals surface area contributed by atoms with Gasteiger partial charge in [-0.2, -0.15) is 0 Å². The molecule has 19 heavy (non-hydrogen) atoms. The van der Waals surface area contributed by atoms with Crippen LogP contribution in [0, 0.1) is 5.82 Å². The molecule has 3 N–H and O–H groups in total. The van der Waals surface area contributed by atoms with E-state index in [0.717, 1.165) is 5.69 Å². The number of benzene rings is 1. The number of anilines is 2. The predicted octanol–water partition coefficient (Wildman–Crippen LogP) is 2.07. The molecule has 2 aromatic heterocycles. The van der Waals surface area contributed by atoms with Gasteiger partial charge in [0.2, 0.25) is 0 Å². The van der Waals surface area contributed by atoms with E-state index in [1.165, 1.54) is 6.07 Å². The van der Waals surface area contributed by atoms with Gasteiger partial charge in [-0.25, -0.2) is 13.9 Å². The summed E-state index contributed by atoms with van der Waals surface area (Å²) in [6.07, 6.45) is 1.75. The third-order valence-corrected chi connectivity index (χ3v) is 2.72. The van der Waals surface area contributed by atoms with Crippen molar-refractivity contribution in [2.75, 3.05) is 5.32 Å². The maximum atomic E-state index is 13.5. The zero-order valence-electron chi connectivity index (χ0n) is 10.0. The van der Waals surface area contributed by atoms with Crippen LogP contribution in [0.1, 0.15) is 5.69 Å². The summed E-state index contributed by atoms with van der Waals surface area (Å²) in [7, 11) is 0. The molecule has 0 bridgehead atoms. The molecule has 0 aliphatic carbocycles. The summed E-state index contributed by atoms with van der Waals surface area (Å²) in [5, 5.41) is 7.23. The van der Waals surface area contributed by atoms with E-state index >= 15 is 0 Å². The van der Waals surface area contributed by atoms with Gasteiger partial charge in [-0.3, -0.25) is 0 Å². The van der Waals surface area contributed by atoms with Gasteiger partial charge in [0.1, 0.15) is 5.82 Å². The number of hydrogen-bond donors (Lipinski definition) is 2. The first-order valence-corrected chi connectivity index (χ1v) is 5.83. The van der Waals surface area contributed by atoms with Crippen LogP contribution in [0.3, 0.4) is 0 Å². The monoisotopic (exact) mass is 257 g/mol. The molecule has 0 aliphatic rings. The van der Waals surface area contributed by atoms with Crippen LogP contribution in [0.4, 0.5) is 15.9 Å². The molecule has 0 unspecified atom stereocenters. The Kier molecular flexibility index (Phi) is 2.85. The van der Waals surface area contributed by atoms with Crippen molar-refractivity contribution in [2.45, 2.75) is 6.54 Å². The molecule has 0 spiro atoms. The molecular weight excluding hydrogens is 245 g/mol. The van der Waals surface area contributed by atoms with Crippen LogP contribution in [0.2, 0.25) is 0 Å². The molecule has 0 amide bonds. The minimum absolute atomic E-state index is 0.322. The number of nitrogens with one attached hydrogen (secondary N) is 1. The lowest BCUT2D eigenvalue weighted by molar-refractivity contribution is 0.631. The zero-order valence-corrected chi connectivity index (χ0v) is 10.0. The summed E-state index contributed by atoms with van der Waals surface area (Å²) in [5.74, 6) is 0.219. The van der Waals surface area contributed by atoms with Gasteiger partial charge in [0.05, 0.1) is 17.6 Å². The summed E-state index contributed by atoms with van der Waals surface area (Å²) in [4.78, 5) is 4.27. The number of nitrogens with two attached hydrogens (primary N) is 1. The average molecular weight is 257 g/mol. The molecule has 0 saturated heterocycles. The minimum atomic E-state index is -0.322. The van der Waals surface area contributed by atoms with Crippen molar-refractivity contribution < 1.29 is 4.39 Å². The number of imidazole rings is 1. The summed E-state index contributed by atoms with van der Waals surface area (Å²) in [5.41, 5.74) is 7.38. The largest absolute Gasteiger partial charge is 0.336 e. The highest BCUT2D eigenvalue weighted by Gasteiger charge is 2.05. The number of para-hydroxylation sites is 1. The summed E-state index contributed by atoms with van der Waals surface area (Å²) < 4.78 is 15.1. The third kappa shape index (κ3) is 2.25. The van der Waals surface area contributed by atoms with Crippen molar-refractivity contribution in [2.24, 2.45) is 5.73 Å². The Hall–Kier alpha value is -2.47. The number of halogens is 1. The molecule has 0 radical (unpaired) electrons. The van der Waals surface area contributed by atoms with Crippen LogP contribution in [0.25, 0.3) is 5.65 Å². The fraction of sp³-hybridized carbons (Fsp3) is 0.0769. The first-order valence-electron chi connectivity index (χ1n) is 5.83. The van der Waals surface area contributed by atoms with Crippen LogP contribution in [0.15, 0.2) is 42.6 Å². The molecule has 0 aliphatic heterocycles. The maximum Gasteiger partial charge on any atom is 0.153 e. The zero-order chi connectivity index (χ0) is 13.2. The molecule has 96 valence electrons. The highest BCUT2D eigenvalue weighted by molar-refractivity contribution is 5.57. The van der Waals surface area contributed by atoms with E-state index < -0.39 is 0 Å². The second kappa shape index (κ2) is 4.66. The molecule has 0 fully saturated rings. The molecule has 0 atom stereocenters. The summed E-state index contributed by atoms with van der Waals surface area (Å²) in [6, 6.07) is 9.99. The average Bonchev–Trinajstić information content (AvgIpc) is 2.83. The van der Waals surface area contributed by atoms with Crippen LogP contribution >= 0.6 is 0 Å². The Balaban J connectivity index is 1.95. The smallest absolute Gasteiger partial charge is 0.153 e. The fourth-order valence-electron chi connectivity index (χ4n) is 1.80. The Labute approximate surface area is 108 Å². The quantitative estimate of drug-likeness (QED) is 0.753. The SMILES string of the molecule is NCc1cn2nc(Nc3ccccc3F)ccc2n1. The molecule has 3 aromatic rings. The molecule has 5 nitrogen and oxygen atoms in total. The Bertz CT molecular complexity index is 722. The van der Waals surface area contributed by atoms with Crippen LogP contribution < -0.4 is 11.1 Å². The fourth-order valence-corrected chi connectivity index (χ4v) is 1.80. The van der Waals surface area contributed by atoms with E-state index in [1.807, 2.05) is 0 Å². The second-order valence-electron chi connectivity index (χ2n) is 4.06. The molecule has 3 rings (SSSR count). The van der Waals surface area contributed by atoms with Crippen molar-refractivity contribution in [3.8, 4) is 0 Å². The van der Waals surface area contributed by atoms with Gasteiger partial charge in [-0.15, -0.1) is 5.10 Å². The Morgan fingerprint density at radius 3 is 2.84 bits per heavy atom. The molecule has 1 aromatic carbocycles. The van der Waals surface area contributed by atoms with Gasteiger partial charge in [0.25, 0.3) is 0 Å². The number of fused-ring (bicyclic) bond motifs is 1. The van der Waals surface area contributed by atoms with E-state index in [9.17, 15) is 4.39 Å². The second-order valence-corrected chi connectivity index (χ2v) is 4.06. The lowest BCUT2D eigenvalue weighted by atomic mass is 10.3. The van der Waals surface area contributed by atoms with Crippen LogP contribution in [-0.4, -0.2) is 14.6 Å². The van der Waals surface area contributed by atoms with E-state index in [4.69, 9.17) is 5.73 Å². The Morgan fingerprint density at radius 2 is 2.05 bits per heavy atom. The van der Waals surface area contributed by atoms with E-state index in [-0.39, 0.29) is 5.82 Å². The standard InChI is InChI=1S/C13H12FN5/c14-10-3-1-2-4-11(10)17-12-5-6-13-16-9(7-15)8-19(13)18-12/h1-6,8H,7,15H2,(H,17,18). The summed E-state index contributed by atoms with van der Waals surface area (Å²) >= 11 is 0. The van der Waals surface area contributed by atoms with Crippen molar-refractivity contribution in [1.29, 1.82) is 0 Å². The lowest BCUT2D eigenvalue weighted by Crippen LogP contribution is -1.99. The first kappa shape index (κ1) is 11.6. The van der Waals surface area contributed by atoms with Gasteiger partial charge in [0.15, 0.2) is 11.5 Å². The van der Waals surface area contributed by atoms with Crippen molar-refractivity contribution in [3.05, 3.63) is 54.1 Å². The van der Waals surface area contributed by atoms with Crippen molar-refractivity contribution in [3.63, 3.8) is 0 Å². The molecule has 0 saturated carbocycles. The van der Waals surface area contributed by atoms with E-state index in [1.54, 1.807) is 41.0 Å². The number of rotatable bonds is 3.